The number of halogens is 1. The van der Waals surface area contributed by atoms with Gasteiger partial charge in [0, 0.05) is 6.54 Å². The fraction of sp³-hybridized carbons (Fsp3) is 0.200. The minimum atomic E-state index is -3.81. The molecule has 7 nitrogen and oxygen atoms in total. The average Bonchev–Trinajstić information content (AvgIpc) is 2.78. The molecule has 3 aromatic rings. The first-order chi connectivity index (χ1) is 16.1. The molecule has 0 radical (unpaired) electrons. The van der Waals surface area contributed by atoms with Gasteiger partial charge in [-0.05, 0) is 55.3 Å². The fourth-order valence-electron chi connectivity index (χ4n) is 3.07. The van der Waals surface area contributed by atoms with E-state index >= 15 is 0 Å². The zero-order valence-electron chi connectivity index (χ0n) is 19.1. The molecule has 9 heteroatoms. The van der Waals surface area contributed by atoms with E-state index in [0.717, 1.165) is 5.56 Å². The molecule has 0 aliphatic heterocycles. The van der Waals surface area contributed by atoms with Crippen LogP contribution in [0.3, 0.4) is 0 Å². The molecule has 178 valence electrons. The second-order valence-corrected chi connectivity index (χ2v) is 10.3. The molecule has 2 amide bonds. The highest BCUT2D eigenvalue weighted by Crippen LogP contribution is 2.25. The van der Waals surface area contributed by atoms with Crippen molar-refractivity contribution in [3.63, 3.8) is 0 Å². The van der Waals surface area contributed by atoms with Gasteiger partial charge in [0.2, 0.25) is 0 Å². The van der Waals surface area contributed by atoms with Crippen molar-refractivity contribution in [1.82, 2.24) is 5.32 Å². The second-order valence-electron chi connectivity index (χ2n) is 8.22. The third-order valence-corrected chi connectivity index (χ3v) is 6.60. The highest BCUT2D eigenvalue weighted by Gasteiger charge is 2.18. The summed E-state index contributed by atoms with van der Waals surface area (Å²) < 4.78 is 27.7. The number of aryl methyl sites for hydroxylation is 1. The number of sulfonamides is 1. The van der Waals surface area contributed by atoms with Crippen molar-refractivity contribution in [3.8, 4) is 0 Å². The quantitative estimate of drug-likeness (QED) is 0.401. The number of rotatable bonds is 8. The molecule has 0 heterocycles. The Balaban J connectivity index is 1.76. The number of amides is 2. The molecule has 0 aromatic heterocycles. The van der Waals surface area contributed by atoms with Crippen molar-refractivity contribution >= 4 is 44.8 Å². The Kier molecular flexibility index (Phi) is 7.96. The maximum absolute atomic E-state index is 12.9. The van der Waals surface area contributed by atoms with Gasteiger partial charge in [0.15, 0.2) is 0 Å². The van der Waals surface area contributed by atoms with E-state index in [1.807, 2.05) is 20.8 Å². The monoisotopic (exact) mass is 499 g/mol. The summed E-state index contributed by atoms with van der Waals surface area (Å²) >= 11 is 6.30. The molecule has 0 bridgehead atoms. The van der Waals surface area contributed by atoms with Gasteiger partial charge < -0.3 is 10.6 Å². The lowest BCUT2D eigenvalue weighted by atomic mass is 10.1. The van der Waals surface area contributed by atoms with Gasteiger partial charge in [0.25, 0.3) is 21.8 Å². The number of nitrogens with one attached hydrogen (secondary N) is 3. The smallest absolute Gasteiger partial charge is 0.261 e. The summed E-state index contributed by atoms with van der Waals surface area (Å²) in [5.41, 5.74) is 1.97. The Morgan fingerprint density at radius 2 is 1.59 bits per heavy atom. The van der Waals surface area contributed by atoms with Crippen molar-refractivity contribution in [2.45, 2.75) is 25.7 Å². The van der Waals surface area contributed by atoms with Gasteiger partial charge >= 0.3 is 0 Å². The summed E-state index contributed by atoms with van der Waals surface area (Å²) in [5, 5.41) is 5.60. The van der Waals surface area contributed by atoms with E-state index in [0.29, 0.717) is 17.8 Å². The van der Waals surface area contributed by atoms with Crippen LogP contribution in [0.25, 0.3) is 0 Å². The van der Waals surface area contributed by atoms with Gasteiger partial charge in [-0.25, -0.2) is 8.42 Å². The van der Waals surface area contributed by atoms with Crippen molar-refractivity contribution in [3.05, 3.63) is 88.4 Å². The van der Waals surface area contributed by atoms with Crippen molar-refractivity contribution < 1.29 is 18.0 Å². The maximum Gasteiger partial charge on any atom is 0.261 e. The maximum atomic E-state index is 12.9. The molecule has 0 saturated heterocycles. The van der Waals surface area contributed by atoms with Crippen molar-refractivity contribution in [1.29, 1.82) is 0 Å². The third kappa shape index (κ3) is 6.36. The molecular formula is C25H26ClN3O4S. The summed E-state index contributed by atoms with van der Waals surface area (Å²) in [4.78, 5) is 25.5. The van der Waals surface area contributed by atoms with Crippen LogP contribution in [0.5, 0.6) is 0 Å². The molecule has 3 N–H and O–H groups in total. The van der Waals surface area contributed by atoms with E-state index in [-0.39, 0.29) is 33.0 Å². The van der Waals surface area contributed by atoms with Crippen molar-refractivity contribution in [2.24, 2.45) is 5.92 Å². The minimum Gasteiger partial charge on any atom is -0.352 e. The second kappa shape index (κ2) is 10.7. The molecule has 3 rings (SSSR count). The molecule has 34 heavy (non-hydrogen) atoms. The van der Waals surface area contributed by atoms with Crippen LogP contribution in [0.15, 0.2) is 71.6 Å². The van der Waals surface area contributed by atoms with Crippen LogP contribution in [0, 0.1) is 12.8 Å². The zero-order valence-corrected chi connectivity index (χ0v) is 20.6. The van der Waals surface area contributed by atoms with E-state index in [9.17, 15) is 18.0 Å². The lowest BCUT2D eigenvalue weighted by Gasteiger charge is -2.14. The van der Waals surface area contributed by atoms with E-state index in [1.54, 1.807) is 36.4 Å². The van der Waals surface area contributed by atoms with Gasteiger partial charge in [-0.2, -0.15) is 0 Å². The highest BCUT2D eigenvalue weighted by molar-refractivity contribution is 7.92. The molecule has 0 unspecified atom stereocenters. The molecule has 0 aliphatic carbocycles. The first kappa shape index (κ1) is 25.3. The van der Waals surface area contributed by atoms with Crippen LogP contribution < -0.4 is 15.4 Å². The van der Waals surface area contributed by atoms with Crippen molar-refractivity contribution in [2.75, 3.05) is 16.6 Å². The molecule has 3 aromatic carbocycles. The topological polar surface area (TPSA) is 104 Å². The van der Waals surface area contributed by atoms with Crippen LogP contribution >= 0.6 is 11.6 Å². The summed E-state index contributed by atoms with van der Waals surface area (Å²) in [7, 11) is -3.81. The van der Waals surface area contributed by atoms with E-state index in [4.69, 9.17) is 11.6 Å². The summed E-state index contributed by atoms with van der Waals surface area (Å²) in [6, 6.07) is 17.3. The molecule has 0 aliphatic rings. The van der Waals surface area contributed by atoms with E-state index < -0.39 is 15.9 Å². The van der Waals surface area contributed by atoms with Gasteiger partial charge in [-0.1, -0.05) is 55.3 Å². The lowest BCUT2D eigenvalue weighted by Crippen LogP contribution is -2.28. The Morgan fingerprint density at radius 1 is 0.912 bits per heavy atom. The Labute approximate surface area is 204 Å². The predicted octanol–water partition coefficient (Wildman–Crippen LogP) is 5.09. The van der Waals surface area contributed by atoms with E-state index in [1.165, 1.54) is 30.3 Å². The van der Waals surface area contributed by atoms with Crippen LogP contribution in [0.4, 0.5) is 11.4 Å². The standard InChI is InChI=1S/C25H26ClN3O4S/c1-16(2)15-27-24(30)21-6-4-5-7-23(21)28-25(31)20-13-10-18(14-22(20)26)29-34(32,33)19-11-8-17(3)9-12-19/h4-14,16,29H,15H2,1-3H3,(H,27,30)(H,28,31). The van der Waals surface area contributed by atoms with Crippen LogP contribution in [-0.2, 0) is 10.0 Å². The van der Waals surface area contributed by atoms with E-state index in [2.05, 4.69) is 15.4 Å². The van der Waals surface area contributed by atoms with Gasteiger partial charge in [-0.15, -0.1) is 0 Å². The average molecular weight is 500 g/mol. The predicted molar refractivity (Wildman–Crippen MR) is 135 cm³/mol. The number of hydrogen-bond acceptors (Lipinski definition) is 4. The highest BCUT2D eigenvalue weighted by atomic mass is 35.5. The molecule has 0 spiro atoms. The van der Waals surface area contributed by atoms with Gasteiger partial charge in [0.1, 0.15) is 0 Å². The van der Waals surface area contributed by atoms with Crippen LogP contribution in [-0.4, -0.2) is 26.8 Å². The molecule has 0 fully saturated rings. The summed E-state index contributed by atoms with van der Waals surface area (Å²) in [6.45, 7) is 6.34. The third-order valence-electron chi connectivity index (χ3n) is 4.89. The number of carbonyl (C=O) groups is 2. The lowest BCUT2D eigenvalue weighted by molar-refractivity contribution is 0.0950. The number of benzene rings is 3. The fourth-order valence-corrected chi connectivity index (χ4v) is 4.38. The van der Waals surface area contributed by atoms with Crippen LogP contribution in [0.2, 0.25) is 5.02 Å². The largest absolute Gasteiger partial charge is 0.352 e. The summed E-state index contributed by atoms with van der Waals surface area (Å²) in [6.07, 6.45) is 0. The Morgan fingerprint density at radius 3 is 2.24 bits per heavy atom. The molecule has 0 saturated carbocycles. The van der Waals surface area contributed by atoms with Gasteiger partial charge in [-0.3, -0.25) is 14.3 Å². The molecular weight excluding hydrogens is 474 g/mol. The minimum absolute atomic E-state index is 0.0587. The Bertz CT molecular complexity index is 1310. The zero-order chi connectivity index (χ0) is 24.9. The first-order valence-electron chi connectivity index (χ1n) is 10.6. The normalized spacial score (nSPS) is 11.2. The Hall–Kier alpha value is -3.36. The summed E-state index contributed by atoms with van der Waals surface area (Å²) in [5.74, 6) is -0.537. The number of anilines is 2. The number of carbonyl (C=O) groups excluding carboxylic acids is 2. The number of hydrogen-bond donors (Lipinski definition) is 3. The molecule has 0 atom stereocenters. The van der Waals surface area contributed by atoms with Gasteiger partial charge in [0.05, 0.1) is 32.4 Å². The number of para-hydroxylation sites is 1. The SMILES string of the molecule is Cc1ccc(S(=O)(=O)Nc2ccc(C(=O)Nc3ccccc3C(=O)NCC(C)C)c(Cl)c2)cc1. The van der Waals surface area contributed by atoms with Crippen LogP contribution in [0.1, 0.15) is 40.1 Å². The first-order valence-corrected chi connectivity index (χ1v) is 12.5.